The van der Waals surface area contributed by atoms with E-state index in [9.17, 15) is 9.59 Å². The molecule has 1 fully saturated rings. The monoisotopic (exact) mass is 512 g/mol. The molecule has 180 valence electrons. The number of nitrogens with zero attached hydrogens (tertiary/aromatic N) is 2. The van der Waals surface area contributed by atoms with Gasteiger partial charge in [0.25, 0.3) is 5.91 Å². The number of aromatic nitrogens is 1. The van der Waals surface area contributed by atoms with Crippen LogP contribution in [0.4, 0.5) is 0 Å². The Kier molecular flexibility index (Phi) is 6.76. The summed E-state index contributed by atoms with van der Waals surface area (Å²) in [5.41, 5.74) is 7.46. The van der Waals surface area contributed by atoms with E-state index in [0.717, 1.165) is 39.0 Å². The van der Waals surface area contributed by atoms with E-state index in [1.54, 1.807) is 0 Å². The Bertz CT molecular complexity index is 1510. The van der Waals surface area contributed by atoms with Crippen LogP contribution in [0.3, 0.4) is 0 Å². The number of carboxylic acids is 1. The highest BCUT2D eigenvalue weighted by atomic mass is 32.2. The molecular weight excluding hydrogens is 488 g/mol. The van der Waals surface area contributed by atoms with Gasteiger partial charge in [0.1, 0.15) is 4.32 Å². The first-order valence-corrected chi connectivity index (χ1v) is 12.9. The van der Waals surface area contributed by atoms with Gasteiger partial charge in [-0.2, -0.15) is 0 Å². The van der Waals surface area contributed by atoms with Crippen LogP contribution in [0.2, 0.25) is 0 Å². The van der Waals surface area contributed by atoms with Gasteiger partial charge in [0.15, 0.2) is 0 Å². The van der Waals surface area contributed by atoms with Crippen molar-refractivity contribution in [2.45, 2.75) is 19.8 Å². The number of carbonyl (C=O) groups is 2. The van der Waals surface area contributed by atoms with Crippen molar-refractivity contribution in [2.75, 3.05) is 6.54 Å². The Hall–Kier alpha value is -3.68. The zero-order valence-corrected chi connectivity index (χ0v) is 21.3. The third-order valence-corrected chi connectivity index (χ3v) is 7.61. The zero-order valence-electron chi connectivity index (χ0n) is 19.7. The summed E-state index contributed by atoms with van der Waals surface area (Å²) >= 11 is 6.72. The standard InChI is InChI=1S/C29H24N2O3S2/c1-19-18-31-22(15-23(19)20-9-4-2-5-10-20)16-24(21-11-6-3-7-12-21)25(31)17-26-28(34)30(29(35)36-26)14-8-13-27(32)33/h2-7,9-12,15-18H,8,13-14H2,1H3,(H,32,33). The number of thioether (sulfide) groups is 1. The molecule has 1 aliphatic rings. The summed E-state index contributed by atoms with van der Waals surface area (Å²) in [5.74, 6) is -1.06. The minimum absolute atomic E-state index is 0.000622. The Labute approximate surface area is 219 Å². The van der Waals surface area contributed by atoms with E-state index in [-0.39, 0.29) is 12.3 Å². The Morgan fingerprint density at radius 2 is 1.61 bits per heavy atom. The molecule has 1 N–H and O–H groups in total. The molecule has 0 spiro atoms. The van der Waals surface area contributed by atoms with Gasteiger partial charge in [0.2, 0.25) is 0 Å². The third kappa shape index (κ3) is 4.72. The van der Waals surface area contributed by atoms with E-state index in [0.29, 0.717) is 22.2 Å². The topological polar surface area (TPSA) is 62.0 Å². The maximum atomic E-state index is 13.2. The minimum Gasteiger partial charge on any atom is -0.481 e. The van der Waals surface area contributed by atoms with Crippen LogP contribution in [0.5, 0.6) is 0 Å². The number of hydrogen-bond acceptors (Lipinski definition) is 4. The summed E-state index contributed by atoms with van der Waals surface area (Å²) in [5, 5.41) is 8.94. The van der Waals surface area contributed by atoms with Crippen molar-refractivity contribution in [2.24, 2.45) is 0 Å². The fraction of sp³-hybridized carbons (Fsp3) is 0.138. The van der Waals surface area contributed by atoms with Crippen LogP contribution in [-0.4, -0.2) is 37.1 Å². The van der Waals surface area contributed by atoms with Gasteiger partial charge in [-0.25, -0.2) is 0 Å². The average Bonchev–Trinajstić information content (AvgIpc) is 3.36. The number of carbonyl (C=O) groups excluding carboxylic acids is 1. The molecule has 2 aromatic carbocycles. The first-order chi connectivity index (χ1) is 17.4. The summed E-state index contributed by atoms with van der Waals surface area (Å²) in [4.78, 5) is 26.1. The minimum atomic E-state index is -0.881. The Balaban J connectivity index is 1.60. The van der Waals surface area contributed by atoms with Crippen LogP contribution in [0.15, 0.2) is 83.9 Å². The van der Waals surface area contributed by atoms with E-state index >= 15 is 0 Å². The number of aryl methyl sites for hydroxylation is 1. The lowest BCUT2D eigenvalue weighted by Crippen LogP contribution is -2.29. The summed E-state index contributed by atoms with van der Waals surface area (Å²) in [6.07, 6.45) is 4.39. The Morgan fingerprint density at radius 3 is 2.25 bits per heavy atom. The first-order valence-electron chi connectivity index (χ1n) is 11.7. The summed E-state index contributed by atoms with van der Waals surface area (Å²) in [6, 6.07) is 24.8. The lowest BCUT2D eigenvalue weighted by atomic mass is 10.0. The molecular formula is C29H24N2O3S2. The highest BCUT2D eigenvalue weighted by Gasteiger charge is 2.32. The molecule has 2 aromatic heterocycles. The number of amides is 1. The second kappa shape index (κ2) is 10.1. The van der Waals surface area contributed by atoms with Crippen LogP contribution < -0.4 is 0 Å². The predicted molar refractivity (Wildman–Crippen MR) is 150 cm³/mol. The molecule has 0 bridgehead atoms. The molecule has 7 heteroatoms. The van der Waals surface area contributed by atoms with Gasteiger partial charge >= 0.3 is 5.97 Å². The molecule has 5 nitrogen and oxygen atoms in total. The molecule has 0 radical (unpaired) electrons. The number of thiocarbonyl (C=S) groups is 1. The van der Waals surface area contributed by atoms with Crippen LogP contribution in [-0.2, 0) is 9.59 Å². The van der Waals surface area contributed by atoms with Crippen molar-refractivity contribution in [3.63, 3.8) is 0 Å². The third-order valence-electron chi connectivity index (χ3n) is 6.23. The van der Waals surface area contributed by atoms with Gasteiger partial charge in [0, 0.05) is 30.2 Å². The summed E-state index contributed by atoms with van der Waals surface area (Å²) in [6.45, 7) is 2.39. The normalized spacial score (nSPS) is 14.8. The predicted octanol–water partition coefficient (Wildman–Crippen LogP) is 6.65. The van der Waals surface area contributed by atoms with E-state index in [1.165, 1.54) is 16.7 Å². The largest absolute Gasteiger partial charge is 0.481 e. The molecule has 0 saturated carbocycles. The lowest BCUT2D eigenvalue weighted by molar-refractivity contribution is -0.137. The highest BCUT2D eigenvalue weighted by molar-refractivity contribution is 8.26. The van der Waals surface area contributed by atoms with Gasteiger partial charge < -0.3 is 9.51 Å². The van der Waals surface area contributed by atoms with Crippen molar-refractivity contribution < 1.29 is 14.7 Å². The van der Waals surface area contributed by atoms with Crippen LogP contribution in [0.25, 0.3) is 33.8 Å². The Morgan fingerprint density at radius 1 is 1.00 bits per heavy atom. The SMILES string of the molecule is Cc1cn2c(C=C3SC(=S)N(CCCC(=O)O)C3=O)c(-c3ccccc3)cc2cc1-c1ccccc1. The number of carboxylic acid groups (broad SMARTS) is 1. The number of rotatable bonds is 7. The van der Waals surface area contributed by atoms with Crippen molar-refractivity contribution in [3.8, 4) is 22.3 Å². The van der Waals surface area contributed by atoms with Gasteiger partial charge in [-0.15, -0.1) is 0 Å². The van der Waals surface area contributed by atoms with Crippen molar-refractivity contribution in [1.29, 1.82) is 0 Å². The van der Waals surface area contributed by atoms with Gasteiger partial charge in [-0.1, -0.05) is 84.6 Å². The summed E-state index contributed by atoms with van der Waals surface area (Å²) < 4.78 is 2.59. The molecule has 3 heterocycles. The van der Waals surface area contributed by atoms with E-state index in [4.69, 9.17) is 17.3 Å². The molecule has 4 aromatic rings. The van der Waals surface area contributed by atoms with Crippen molar-refractivity contribution >= 4 is 51.8 Å². The molecule has 5 rings (SSSR count). The van der Waals surface area contributed by atoms with Crippen molar-refractivity contribution in [1.82, 2.24) is 9.30 Å². The summed E-state index contributed by atoms with van der Waals surface area (Å²) in [7, 11) is 0. The molecule has 36 heavy (non-hydrogen) atoms. The molecule has 0 aliphatic carbocycles. The fourth-order valence-electron chi connectivity index (χ4n) is 4.47. The van der Waals surface area contributed by atoms with Crippen LogP contribution in [0.1, 0.15) is 24.1 Å². The molecule has 0 unspecified atom stereocenters. The molecule has 1 aliphatic heterocycles. The lowest BCUT2D eigenvalue weighted by Gasteiger charge is -2.13. The maximum Gasteiger partial charge on any atom is 0.303 e. The van der Waals surface area contributed by atoms with Gasteiger partial charge in [0.05, 0.1) is 10.6 Å². The van der Waals surface area contributed by atoms with Crippen LogP contribution >= 0.6 is 24.0 Å². The molecule has 1 amide bonds. The van der Waals surface area contributed by atoms with Crippen molar-refractivity contribution in [3.05, 3.63) is 95.2 Å². The quantitative estimate of drug-likeness (QED) is 0.222. The average molecular weight is 513 g/mol. The van der Waals surface area contributed by atoms with E-state index < -0.39 is 5.97 Å². The number of aliphatic carboxylic acids is 1. The van der Waals surface area contributed by atoms with Gasteiger partial charge in [-0.3, -0.25) is 14.5 Å². The van der Waals surface area contributed by atoms with E-state index in [2.05, 4.69) is 53.9 Å². The number of hydrogen-bond donors (Lipinski definition) is 1. The molecule has 1 saturated heterocycles. The second-order valence-electron chi connectivity index (χ2n) is 8.67. The number of fused-ring (bicyclic) bond motifs is 1. The molecule has 0 atom stereocenters. The van der Waals surface area contributed by atoms with E-state index in [1.807, 2.05) is 42.5 Å². The smallest absolute Gasteiger partial charge is 0.303 e. The number of benzene rings is 2. The second-order valence-corrected chi connectivity index (χ2v) is 10.3. The fourth-order valence-corrected chi connectivity index (χ4v) is 5.75. The first kappa shape index (κ1) is 24.0. The van der Waals surface area contributed by atoms with Crippen LogP contribution in [0, 0.1) is 6.92 Å². The zero-order chi connectivity index (χ0) is 25.2. The highest BCUT2D eigenvalue weighted by Crippen LogP contribution is 2.37. The number of pyridine rings is 1. The maximum absolute atomic E-state index is 13.2. The van der Waals surface area contributed by atoms with Gasteiger partial charge in [-0.05, 0) is 53.8 Å².